The van der Waals surface area contributed by atoms with Crippen molar-refractivity contribution in [1.82, 2.24) is 0 Å². The molecule has 0 aliphatic rings. The van der Waals surface area contributed by atoms with E-state index in [1.165, 1.54) is 0 Å². The maximum absolute atomic E-state index is 8.88. The second-order valence-corrected chi connectivity index (χ2v) is 5.59. The number of anilines is 1. The molecule has 0 unspecified atom stereocenters. The number of benzene rings is 1. The number of hydrogen-bond donors (Lipinski definition) is 1. The Morgan fingerprint density at radius 1 is 1.50 bits per heavy atom. The fourth-order valence-electron chi connectivity index (χ4n) is 1.20. The van der Waals surface area contributed by atoms with Crippen LogP contribution in [0.25, 0.3) is 0 Å². The van der Waals surface area contributed by atoms with Gasteiger partial charge in [-0.25, -0.2) is 0 Å². The molecule has 0 aliphatic heterocycles. The molecule has 1 aromatic rings. The molecule has 0 radical (unpaired) electrons. The molecule has 0 amide bonds. The predicted octanol–water partition coefficient (Wildman–Crippen LogP) is 4.45. The van der Waals surface area contributed by atoms with Gasteiger partial charge in [-0.3, -0.25) is 0 Å². The highest BCUT2D eigenvalue weighted by Crippen LogP contribution is 2.26. The van der Waals surface area contributed by atoms with Crippen LogP contribution < -0.4 is 5.32 Å². The average Bonchev–Trinajstić information content (AvgIpc) is 2.23. The van der Waals surface area contributed by atoms with Crippen LogP contribution in [0, 0.1) is 16.7 Å². The molecule has 0 aliphatic carbocycles. The average molecular weight is 302 g/mol. The van der Waals surface area contributed by atoms with Gasteiger partial charge in [0.25, 0.3) is 0 Å². The van der Waals surface area contributed by atoms with Crippen LogP contribution in [-0.4, -0.2) is 6.54 Å². The monoisotopic (exact) mass is 300 g/mol. The summed E-state index contributed by atoms with van der Waals surface area (Å²) in [6.07, 6.45) is 0.794. The minimum Gasteiger partial charge on any atom is -0.384 e. The van der Waals surface area contributed by atoms with Crippen LogP contribution in [-0.2, 0) is 0 Å². The number of nitriles is 1. The SMILES string of the molecule is CC(C)(C#N)CCNc1cc(Cl)ccc1Br. The Bertz CT molecular complexity index is 410. The van der Waals surface area contributed by atoms with Crippen LogP contribution in [0.1, 0.15) is 20.3 Å². The summed E-state index contributed by atoms with van der Waals surface area (Å²) >= 11 is 9.34. The van der Waals surface area contributed by atoms with Crippen molar-refractivity contribution < 1.29 is 0 Å². The highest BCUT2D eigenvalue weighted by atomic mass is 79.9. The molecule has 1 rings (SSSR count). The molecular weight excluding hydrogens is 288 g/mol. The van der Waals surface area contributed by atoms with E-state index in [2.05, 4.69) is 27.3 Å². The summed E-state index contributed by atoms with van der Waals surface area (Å²) < 4.78 is 0.978. The van der Waals surface area contributed by atoms with Crippen molar-refractivity contribution in [3.8, 4) is 6.07 Å². The lowest BCUT2D eigenvalue weighted by Gasteiger charge is -2.16. The molecule has 0 saturated heterocycles. The lowest BCUT2D eigenvalue weighted by molar-refractivity contribution is 0.466. The molecule has 4 heteroatoms. The Morgan fingerprint density at radius 3 is 2.81 bits per heavy atom. The predicted molar refractivity (Wildman–Crippen MR) is 71.7 cm³/mol. The Hall–Kier alpha value is -0.720. The molecule has 86 valence electrons. The zero-order valence-electron chi connectivity index (χ0n) is 9.35. The van der Waals surface area contributed by atoms with Crippen LogP contribution in [0.15, 0.2) is 22.7 Å². The fraction of sp³-hybridized carbons (Fsp3) is 0.417. The van der Waals surface area contributed by atoms with E-state index in [4.69, 9.17) is 16.9 Å². The molecule has 1 N–H and O–H groups in total. The topological polar surface area (TPSA) is 35.8 Å². The van der Waals surface area contributed by atoms with E-state index in [9.17, 15) is 0 Å². The molecule has 0 bridgehead atoms. The van der Waals surface area contributed by atoms with Gasteiger partial charge in [0.1, 0.15) is 0 Å². The van der Waals surface area contributed by atoms with Gasteiger partial charge in [-0.2, -0.15) is 5.26 Å². The van der Waals surface area contributed by atoms with Gasteiger partial charge >= 0.3 is 0 Å². The van der Waals surface area contributed by atoms with Crippen molar-refractivity contribution in [3.63, 3.8) is 0 Å². The Labute approximate surface area is 110 Å². The van der Waals surface area contributed by atoms with Crippen molar-refractivity contribution in [2.75, 3.05) is 11.9 Å². The fourth-order valence-corrected chi connectivity index (χ4v) is 1.76. The number of nitrogens with one attached hydrogen (secondary N) is 1. The molecular formula is C12H14BrClN2. The van der Waals surface area contributed by atoms with E-state index in [0.717, 1.165) is 23.1 Å². The van der Waals surface area contributed by atoms with Gasteiger partial charge in [0.15, 0.2) is 0 Å². The Balaban J connectivity index is 2.56. The standard InChI is InChI=1S/C12H14BrClN2/c1-12(2,8-15)5-6-16-11-7-9(14)3-4-10(11)13/h3-4,7,16H,5-6H2,1-2H3. The van der Waals surface area contributed by atoms with E-state index >= 15 is 0 Å². The first-order chi connectivity index (χ1) is 7.44. The maximum Gasteiger partial charge on any atom is 0.0684 e. The number of hydrogen-bond acceptors (Lipinski definition) is 2. The summed E-state index contributed by atoms with van der Waals surface area (Å²) in [7, 11) is 0. The molecule has 2 nitrogen and oxygen atoms in total. The summed E-state index contributed by atoms with van der Waals surface area (Å²) in [6.45, 7) is 4.61. The van der Waals surface area contributed by atoms with E-state index in [0.29, 0.717) is 5.02 Å². The van der Waals surface area contributed by atoms with Crippen LogP contribution >= 0.6 is 27.5 Å². The number of rotatable bonds is 4. The van der Waals surface area contributed by atoms with Crippen molar-refractivity contribution in [1.29, 1.82) is 5.26 Å². The van der Waals surface area contributed by atoms with Crippen LogP contribution in [0.5, 0.6) is 0 Å². The maximum atomic E-state index is 8.88. The molecule has 0 fully saturated rings. The van der Waals surface area contributed by atoms with E-state index in [-0.39, 0.29) is 5.41 Å². The van der Waals surface area contributed by atoms with Crippen LogP contribution in [0.2, 0.25) is 5.02 Å². The van der Waals surface area contributed by atoms with Crippen LogP contribution in [0.4, 0.5) is 5.69 Å². The first kappa shape index (κ1) is 13.3. The van der Waals surface area contributed by atoms with Gasteiger partial charge in [-0.05, 0) is 54.4 Å². The normalized spacial score (nSPS) is 10.9. The minimum absolute atomic E-state index is 0.294. The van der Waals surface area contributed by atoms with Crippen LogP contribution in [0.3, 0.4) is 0 Å². The summed E-state index contributed by atoms with van der Waals surface area (Å²) in [5, 5.41) is 12.8. The molecule has 0 aromatic heterocycles. The highest BCUT2D eigenvalue weighted by molar-refractivity contribution is 9.10. The third-order valence-electron chi connectivity index (χ3n) is 2.30. The van der Waals surface area contributed by atoms with Gasteiger partial charge in [0.2, 0.25) is 0 Å². The molecule has 1 aromatic carbocycles. The quantitative estimate of drug-likeness (QED) is 0.891. The van der Waals surface area contributed by atoms with Crippen molar-refractivity contribution in [2.24, 2.45) is 5.41 Å². The molecule has 0 atom stereocenters. The third kappa shape index (κ3) is 4.03. The van der Waals surface area contributed by atoms with E-state index in [1.807, 2.05) is 32.0 Å². The van der Waals surface area contributed by atoms with Gasteiger partial charge < -0.3 is 5.32 Å². The highest BCUT2D eigenvalue weighted by Gasteiger charge is 2.15. The molecule has 0 saturated carbocycles. The summed E-state index contributed by atoms with van der Waals surface area (Å²) in [5.74, 6) is 0. The van der Waals surface area contributed by atoms with Gasteiger partial charge in [-0.15, -0.1) is 0 Å². The van der Waals surface area contributed by atoms with E-state index < -0.39 is 0 Å². The molecule has 0 heterocycles. The van der Waals surface area contributed by atoms with E-state index in [1.54, 1.807) is 0 Å². The second-order valence-electron chi connectivity index (χ2n) is 4.30. The van der Waals surface area contributed by atoms with Crippen molar-refractivity contribution in [2.45, 2.75) is 20.3 Å². The molecule has 0 spiro atoms. The first-order valence-corrected chi connectivity index (χ1v) is 6.22. The first-order valence-electron chi connectivity index (χ1n) is 5.05. The third-order valence-corrected chi connectivity index (χ3v) is 3.22. The van der Waals surface area contributed by atoms with Crippen molar-refractivity contribution >= 4 is 33.2 Å². The van der Waals surface area contributed by atoms with Gasteiger partial charge in [0, 0.05) is 21.7 Å². The number of halogens is 2. The van der Waals surface area contributed by atoms with Crippen molar-refractivity contribution in [3.05, 3.63) is 27.7 Å². The smallest absolute Gasteiger partial charge is 0.0684 e. The minimum atomic E-state index is -0.294. The lowest BCUT2D eigenvalue weighted by Crippen LogP contribution is -2.14. The zero-order chi connectivity index (χ0) is 12.2. The lowest BCUT2D eigenvalue weighted by atomic mass is 9.91. The van der Waals surface area contributed by atoms with Gasteiger partial charge in [-0.1, -0.05) is 11.6 Å². The molecule has 16 heavy (non-hydrogen) atoms. The van der Waals surface area contributed by atoms with Gasteiger partial charge in [0.05, 0.1) is 11.5 Å². The second kappa shape index (κ2) is 5.56. The zero-order valence-corrected chi connectivity index (χ0v) is 11.7. The Morgan fingerprint density at radius 2 is 2.19 bits per heavy atom. The largest absolute Gasteiger partial charge is 0.384 e. The Kier molecular flexibility index (Phi) is 4.64. The number of nitrogens with zero attached hydrogens (tertiary/aromatic N) is 1. The summed E-state index contributed by atoms with van der Waals surface area (Å²) in [5.41, 5.74) is 0.666. The summed E-state index contributed by atoms with van der Waals surface area (Å²) in [6, 6.07) is 7.87. The summed E-state index contributed by atoms with van der Waals surface area (Å²) in [4.78, 5) is 0.